The highest BCUT2D eigenvalue weighted by molar-refractivity contribution is 7.98. The number of rotatable bonds is 3. The number of ketones is 1. The van der Waals surface area contributed by atoms with Crippen LogP contribution in [0.25, 0.3) is 0 Å². The van der Waals surface area contributed by atoms with Gasteiger partial charge in [0.05, 0.1) is 12.2 Å². The third-order valence-corrected chi connectivity index (χ3v) is 3.88. The van der Waals surface area contributed by atoms with E-state index in [2.05, 4.69) is 0 Å². The SMILES string of the molecule is CCOC(=O)c1ccc(SC)c2c1CCCC2=O. The first kappa shape index (κ1) is 13.1. The molecule has 96 valence electrons. The first-order valence-corrected chi connectivity index (χ1v) is 7.31. The van der Waals surface area contributed by atoms with Gasteiger partial charge in [0.25, 0.3) is 0 Å². The molecule has 0 heterocycles. The smallest absolute Gasteiger partial charge is 0.338 e. The second-order valence-electron chi connectivity index (χ2n) is 4.17. The maximum atomic E-state index is 12.0. The predicted molar refractivity (Wildman–Crippen MR) is 71.4 cm³/mol. The summed E-state index contributed by atoms with van der Waals surface area (Å²) >= 11 is 1.55. The lowest BCUT2D eigenvalue weighted by molar-refractivity contribution is 0.0525. The summed E-state index contributed by atoms with van der Waals surface area (Å²) in [5.41, 5.74) is 2.16. The van der Waals surface area contributed by atoms with Gasteiger partial charge in [-0.3, -0.25) is 4.79 Å². The van der Waals surface area contributed by atoms with E-state index in [1.165, 1.54) is 0 Å². The molecular formula is C14H16O3S. The molecule has 0 saturated carbocycles. The maximum Gasteiger partial charge on any atom is 0.338 e. The van der Waals surface area contributed by atoms with Gasteiger partial charge >= 0.3 is 5.97 Å². The van der Waals surface area contributed by atoms with E-state index in [4.69, 9.17) is 4.74 Å². The molecular weight excluding hydrogens is 248 g/mol. The van der Waals surface area contributed by atoms with Crippen LogP contribution in [0.1, 0.15) is 46.0 Å². The summed E-state index contributed by atoms with van der Waals surface area (Å²) in [7, 11) is 0. The number of thioether (sulfide) groups is 1. The van der Waals surface area contributed by atoms with Gasteiger partial charge in [0.15, 0.2) is 5.78 Å². The van der Waals surface area contributed by atoms with Crippen molar-refractivity contribution in [3.63, 3.8) is 0 Å². The van der Waals surface area contributed by atoms with Crippen LogP contribution in [-0.2, 0) is 11.2 Å². The Morgan fingerprint density at radius 1 is 1.39 bits per heavy atom. The van der Waals surface area contributed by atoms with Crippen molar-refractivity contribution in [2.75, 3.05) is 12.9 Å². The number of hydrogen-bond donors (Lipinski definition) is 0. The Morgan fingerprint density at radius 3 is 2.83 bits per heavy atom. The van der Waals surface area contributed by atoms with Crippen molar-refractivity contribution in [2.45, 2.75) is 31.1 Å². The van der Waals surface area contributed by atoms with Gasteiger partial charge in [0.1, 0.15) is 0 Å². The molecule has 1 aromatic carbocycles. The molecule has 0 atom stereocenters. The summed E-state index contributed by atoms with van der Waals surface area (Å²) < 4.78 is 5.05. The van der Waals surface area contributed by atoms with Gasteiger partial charge < -0.3 is 4.74 Å². The number of Topliss-reactive ketones (excluding diaryl/α,β-unsaturated/α-hetero) is 1. The van der Waals surface area contributed by atoms with E-state index in [1.54, 1.807) is 24.8 Å². The highest BCUT2D eigenvalue weighted by Gasteiger charge is 2.25. The van der Waals surface area contributed by atoms with Gasteiger partial charge in [0.2, 0.25) is 0 Å². The van der Waals surface area contributed by atoms with Gasteiger partial charge in [0, 0.05) is 16.9 Å². The van der Waals surface area contributed by atoms with Crippen molar-refractivity contribution in [2.24, 2.45) is 0 Å². The van der Waals surface area contributed by atoms with Crippen molar-refractivity contribution in [1.29, 1.82) is 0 Å². The highest BCUT2D eigenvalue weighted by atomic mass is 32.2. The monoisotopic (exact) mass is 264 g/mol. The van der Waals surface area contributed by atoms with E-state index < -0.39 is 0 Å². The van der Waals surface area contributed by atoms with Gasteiger partial charge in [-0.1, -0.05) is 0 Å². The molecule has 0 N–H and O–H groups in total. The van der Waals surface area contributed by atoms with Crippen LogP contribution in [0.5, 0.6) is 0 Å². The van der Waals surface area contributed by atoms with E-state index in [0.29, 0.717) is 18.6 Å². The minimum Gasteiger partial charge on any atom is -0.462 e. The quantitative estimate of drug-likeness (QED) is 0.621. The average Bonchev–Trinajstić information content (AvgIpc) is 2.38. The number of hydrogen-bond acceptors (Lipinski definition) is 4. The molecule has 18 heavy (non-hydrogen) atoms. The minimum atomic E-state index is -0.323. The van der Waals surface area contributed by atoms with Crippen LogP contribution >= 0.6 is 11.8 Å². The molecule has 0 bridgehead atoms. The Morgan fingerprint density at radius 2 is 2.17 bits per heavy atom. The van der Waals surface area contributed by atoms with Crippen molar-refractivity contribution in [3.05, 3.63) is 28.8 Å². The standard InChI is InChI=1S/C14H16O3S/c1-3-17-14(16)10-7-8-12(18-2)13-9(10)5-4-6-11(13)15/h7-8H,3-6H2,1-2H3. The summed E-state index contributed by atoms with van der Waals surface area (Å²) in [4.78, 5) is 24.9. The number of carbonyl (C=O) groups excluding carboxylic acids is 2. The van der Waals surface area contributed by atoms with Crippen molar-refractivity contribution >= 4 is 23.5 Å². The molecule has 0 fully saturated rings. The van der Waals surface area contributed by atoms with Crippen LogP contribution in [0, 0.1) is 0 Å². The molecule has 2 rings (SSSR count). The Bertz CT molecular complexity index is 494. The van der Waals surface area contributed by atoms with Gasteiger partial charge in [-0.25, -0.2) is 4.79 Å². The lowest BCUT2D eigenvalue weighted by atomic mass is 9.87. The van der Waals surface area contributed by atoms with E-state index >= 15 is 0 Å². The summed E-state index contributed by atoms with van der Waals surface area (Å²) in [5.74, 6) is -0.178. The van der Waals surface area contributed by atoms with Gasteiger partial charge in [-0.2, -0.15) is 0 Å². The van der Waals surface area contributed by atoms with Crippen LogP contribution in [-0.4, -0.2) is 24.6 Å². The second kappa shape index (κ2) is 5.57. The average molecular weight is 264 g/mol. The molecule has 1 aliphatic carbocycles. The van der Waals surface area contributed by atoms with Gasteiger partial charge in [-0.15, -0.1) is 11.8 Å². The third-order valence-electron chi connectivity index (χ3n) is 3.10. The number of fused-ring (bicyclic) bond motifs is 1. The predicted octanol–water partition coefficient (Wildman–Crippen LogP) is 3.10. The molecule has 0 spiro atoms. The fourth-order valence-corrected chi connectivity index (χ4v) is 2.96. The molecule has 3 nitrogen and oxygen atoms in total. The van der Waals surface area contributed by atoms with E-state index in [9.17, 15) is 9.59 Å². The molecule has 4 heteroatoms. The van der Waals surface area contributed by atoms with Crippen LogP contribution in [0.4, 0.5) is 0 Å². The number of benzene rings is 1. The molecule has 0 radical (unpaired) electrons. The van der Waals surface area contributed by atoms with Crippen molar-refractivity contribution < 1.29 is 14.3 Å². The molecule has 0 unspecified atom stereocenters. The Labute approximate surface area is 111 Å². The van der Waals surface area contributed by atoms with E-state index in [1.807, 2.05) is 12.3 Å². The molecule has 0 amide bonds. The number of ether oxygens (including phenoxy) is 1. The normalized spacial score (nSPS) is 14.2. The van der Waals surface area contributed by atoms with Crippen LogP contribution in [0.15, 0.2) is 17.0 Å². The minimum absolute atomic E-state index is 0.145. The zero-order chi connectivity index (χ0) is 13.1. The molecule has 0 aromatic heterocycles. The topological polar surface area (TPSA) is 43.4 Å². The number of carbonyl (C=O) groups is 2. The number of esters is 1. The summed E-state index contributed by atoms with van der Waals surface area (Å²) in [6.07, 6.45) is 4.12. The van der Waals surface area contributed by atoms with Crippen LogP contribution < -0.4 is 0 Å². The van der Waals surface area contributed by atoms with Crippen molar-refractivity contribution in [1.82, 2.24) is 0 Å². The molecule has 1 aliphatic rings. The summed E-state index contributed by atoms with van der Waals surface area (Å²) in [6, 6.07) is 3.63. The molecule has 0 saturated heterocycles. The second-order valence-corrected chi connectivity index (χ2v) is 5.01. The Balaban J connectivity index is 2.54. The van der Waals surface area contributed by atoms with Crippen molar-refractivity contribution in [3.8, 4) is 0 Å². The zero-order valence-electron chi connectivity index (χ0n) is 10.6. The first-order valence-electron chi connectivity index (χ1n) is 6.09. The van der Waals surface area contributed by atoms with Crippen LogP contribution in [0.2, 0.25) is 0 Å². The largest absolute Gasteiger partial charge is 0.462 e. The van der Waals surface area contributed by atoms with E-state index in [-0.39, 0.29) is 11.8 Å². The Kier molecular flexibility index (Phi) is 4.07. The maximum absolute atomic E-state index is 12.0. The fraction of sp³-hybridized carbons (Fsp3) is 0.429. The zero-order valence-corrected chi connectivity index (χ0v) is 11.4. The first-order chi connectivity index (χ1) is 8.69. The Hall–Kier alpha value is -1.29. The van der Waals surface area contributed by atoms with Crippen LogP contribution in [0.3, 0.4) is 0 Å². The summed E-state index contributed by atoms with van der Waals surface area (Å²) in [6.45, 7) is 2.14. The lowest BCUT2D eigenvalue weighted by Gasteiger charge is -2.20. The summed E-state index contributed by atoms with van der Waals surface area (Å²) in [5, 5.41) is 0. The van der Waals surface area contributed by atoms with E-state index in [0.717, 1.165) is 28.9 Å². The lowest BCUT2D eigenvalue weighted by Crippen LogP contribution is -2.18. The highest BCUT2D eigenvalue weighted by Crippen LogP contribution is 2.32. The van der Waals surface area contributed by atoms with Gasteiger partial charge in [-0.05, 0) is 43.7 Å². The fourth-order valence-electron chi connectivity index (χ4n) is 2.31. The third kappa shape index (κ3) is 2.29. The molecule has 1 aromatic rings. The molecule has 0 aliphatic heterocycles.